The second-order valence-corrected chi connectivity index (χ2v) is 5.83. The number of hydrogen-bond donors (Lipinski definition) is 0. The molecule has 0 fully saturated rings. The van der Waals surface area contributed by atoms with Crippen molar-refractivity contribution < 1.29 is 4.74 Å². The zero-order valence-corrected chi connectivity index (χ0v) is 13.0. The molecule has 1 unspecified atom stereocenters. The Bertz CT molecular complexity index is 699. The first-order valence-corrected chi connectivity index (χ1v) is 7.33. The van der Waals surface area contributed by atoms with E-state index < -0.39 is 0 Å². The van der Waals surface area contributed by atoms with Gasteiger partial charge in [0.15, 0.2) is 0 Å². The molecule has 0 spiro atoms. The van der Waals surface area contributed by atoms with Crippen LogP contribution in [-0.4, -0.2) is 15.7 Å². The number of aromatic nitrogens is 2. The lowest BCUT2D eigenvalue weighted by Gasteiger charge is -2.16. The van der Waals surface area contributed by atoms with E-state index in [0.29, 0.717) is 6.54 Å². The summed E-state index contributed by atoms with van der Waals surface area (Å²) in [5.74, 6) is 0.919. The first kappa shape index (κ1) is 13.4. The van der Waals surface area contributed by atoms with E-state index >= 15 is 0 Å². The minimum absolute atomic E-state index is 0.0137. The number of aryl methyl sites for hydroxylation is 1. The van der Waals surface area contributed by atoms with Gasteiger partial charge in [-0.25, -0.2) is 4.79 Å². The molecule has 1 aromatic heterocycles. The predicted octanol–water partition coefficient (Wildman–Crippen LogP) is 2.63. The first-order chi connectivity index (χ1) is 9.56. The molecule has 3 rings (SSSR count). The van der Waals surface area contributed by atoms with Crippen LogP contribution in [0.1, 0.15) is 17.0 Å². The summed E-state index contributed by atoms with van der Waals surface area (Å²) >= 11 is 3.48. The van der Waals surface area contributed by atoms with E-state index in [0.717, 1.165) is 28.0 Å². The molecule has 0 radical (unpaired) electrons. The second kappa shape index (κ2) is 5.05. The Labute approximate surface area is 125 Å². The summed E-state index contributed by atoms with van der Waals surface area (Å²) in [7, 11) is 0. The van der Waals surface area contributed by atoms with Crippen LogP contribution >= 0.6 is 15.9 Å². The molecule has 104 valence electrons. The Kier molecular flexibility index (Phi) is 3.38. The maximum atomic E-state index is 12.0. The Hall–Kier alpha value is -1.62. The Balaban J connectivity index is 1.88. The first-order valence-electron chi connectivity index (χ1n) is 6.54. The molecule has 1 aliphatic rings. The van der Waals surface area contributed by atoms with E-state index in [4.69, 9.17) is 4.74 Å². The highest BCUT2D eigenvalue weighted by Gasteiger charge is 2.24. The minimum atomic E-state index is -0.220. The summed E-state index contributed by atoms with van der Waals surface area (Å²) in [5.41, 5.74) is 2.59. The average molecular weight is 335 g/mol. The topological polar surface area (TPSA) is 44.1 Å². The van der Waals surface area contributed by atoms with Gasteiger partial charge in [0.1, 0.15) is 11.9 Å². The quantitative estimate of drug-likeness (QED) is 0.847. The van der Waals surface area contributed by atoms with Crippen LogP contribution in [0, 0.1) is 13.8 Å². The van der Waals surface area contributed by atoms with Gasteiger partial charge in [-0.15, -0.1) is 0 Å². The van der Waals surface area contributed by atoms with Gasteiger partial charge in [-0.05, 0) is 41.4 Å². The largest absolute Gasteiger partial charge is 0.488 e. The van der Waals surface area contributed by atoms with E-state index in [1.165, 1.54) is 5.56 Å². The molecule has 1 aromatic carbocycles. The standard InChI is InChI=1S/C15H15BrN2O2/c1-9-14(16)10(2)18(15(19)17-9)8-12-7-11-5-3-4-6-13(11)20-12/h3-6,12H,7-8H2,1-2H3. The average Bonchev–Trinajstić information content (AvgIpc) is 2.83. The van der Waals surface area contributed by atoms with Gasteiger partial charge in [0.05, 0.1) is 16.7 Å². The minimum Gasteiger partial charge on any atom is -0.488 e. The summed E-state index contributed by atoms with van der Waals surface area (Å²) in [5, 5.41) is 0. The third-order valence-electron chi connectivity index (χ3n) is 3.63. The van der Waals surface area contributed by atoms with Crippen molar-refractivity contribution in [1.29, 1.82) is 0 Å². The lowest BCUT2D eigenvalue weighted by atomic mass is 10.1. The van der Waals surface area contributed by atoms with E-state index in [1.54, 1.807) is 4.57 Å². The molecule has 0 saturated carbocycles. The van der Waals surface area contributed by atoms with Crippen molar-refractivity contribution in [2.75, 3.05) is 0 Å². The van der Waals surface area contributed by atoms with Gasteiger partial charge in [0.2, 0.25) is 0 Å². The maximum Gasteiger partial charge on any atom is 0.348 e. The third-order valence-corrected chi connectivity index (χ3v) is 4.78. The zero-order chi connectivity index (χ0) is 14.3. The van der Waals surface area contributed by atoms with Gasteiger partial charge in [-0.2, -0.15) is 4.98 Å². The number of rotatable bonds is 2. The molecule has 0 amide bonds. The van der Waals surface area contributed by atoms with Gasteiger partial charge in [-0.1, -0.05) is 18.2 Å². The number of ether oxygens (including phenoxy) is 1. The molecule has 1 atom stereocenters. The van der Waals surface area contributed by atoms with Crippen molar-refractivity contribution in [3.63, 3.8) is 0 Å². The fourth-order valence-electron chi connectivity index (χ4n) is 2.55. The van der Waals surface area contributed by atoms with Crippen LogP contribution in [-0.2, 0) is 13.0 Å². The van der Waals surface area contributed by atoms with E-state index in [1.807, 2.05) is 32.0 Å². The molecule has 1 aliphatic heterocycles. The van der Waals surface area contributed by atoms with Crippen molar-refractivity contribution in [2.24, 2.45) is 0 Å². The van der Waals surface area contributed by atoms with Crippen molar-refractivity contribution in [3.8, 4) is 5.75 Å². The van der Waals surface area contributed by atoms with Crippen LogP contribution < -0.4 is 10.4 Å². The Morgan fingerprint density at radius 2 is 2.15 bits per heavy atom. The van der Waals surface area contributed by atoms with Crippen molar-refractivity contribution in [1.82, 2.24) is 9.55 Å². The summed E-state index contributed by atoms with van der Waals surface area (Å²) in [6.07, 6.45) is 0.813. The second-order valence-electron chi connectivity index (χ2n) is 5.04. The monoisotopic (exact) mass is 334 g/mol. The molecule has 2 aromatic rings. The van der Waals surface area contributed by atoms with Gasteiger partial charge in [0.25, 0.3) is 0 Å². The van der Waals surface area contributed by atoms with Crippen molar-refractivity contribution in [2.45, 2.75) is 32.9 Å². The van der Waals surface area contributed by atoms with E-state index in [9.17, 15) is 4.79 Å². The lowest BCUT2D eigenvalue weighted by molar-refractivity contribution is 0.205. The molecule has 4 nitrogen and oxygen atoms in total. The molecule has 0 saturated heterocycles. The number of nitrogens with zero attached hydrogens (tertiary/aromatic N) is 2. The molecular formula is C15H15BrN2O2. The summed E-state index contributed by atoms with van der Waals surface area (Å²) in [6, 6.07) is 8.00. The molecule has 2 heterocycles. The smallest absolute Gasteiger partial charge is 0.348 e. The highest BCUT2D eigenvalue weighted by atomic mass is 79.9. The molecule has 0 N–H and O–H groups in total. The highest BCUT2D eigenvalue weighted by molar-refractivity contribution is 9.10. The van der Waals surface area contributed by atoms with Crippen LogP contribution in [0.15, 0.2) is 33.5 Å². The van der Waals surface area contributed by atoms with Crippen LogP contribution in [0.5, 0.6) is 5.75 Å². The van der Waals surface area contributed by atoms with Gasteiger partial charge < -0.3 is 4.74 Å². The number of benzene rings is 1. The Morgan fingerprint density at radius 3 is 2.90 bits per heavy atom. The van der Waals surface area contributed by atoms with Crippen LogP contribution in [0.4, 0.5) is 0 Å². The SMILES string of the molecule is Cc1nc(=O)n(CC2Cc3ccccc3O2)c(C)c1Br. The van der Waals surface area contributed by atoms with E-state index in [-0.39, 0.29) is 11.8 Å². The van der Waals surface area contributed by atoms with Gasteiger partial charge in [-0.3, -0.25) is 4.57 Å². The number of halogens is 1. The number of para-hydroxylation sites is 1. The fourth-order valence-corrected chi connectivity index (χ4v) is 2.85. The van der Waals surface area contributed by atoms with Crippen molar-refractivity contribution in [3.05, 3.63) is 56.2 Å². The van der Waals surface area contributed by atoms with Crippen LogP contribution in [0.3, 0.4) is 0 Å². The molecule has 0 bridgehead atoms. The maximum absolute atomic E-state index is 12.0. The van der Waals surface area contributed by atoms with Gasteiger partial charge >= 0.3 is 5.69 Å². The predicted molar refractivity (Wildman–Crippen MR) is 80.2 cm³/mol. The molecular weight excluding hydrogens is 320 g/mol. The Morgan fingerprint density at radius 1 is 1.40 bits per heavy atom. The number of fused-ring (bicyclic) bond motifs is 1. The summed E-state index contributed by atoms with van der Waals surface area (Å²) in [4.78, 5) is 16.1. The molecule has 0 aliphatic carbocycles. The fraction of sp³-hybridized carbons (Fsp3) is 0.333. The third kappa shape index (κ3) is 2.26. The summed E-state index contributed by atoms with van der Waals surface area (Å²) in [6.45, 7) is 4.26. The molecule has 20 heavy (non-hydrogen) atoms. The van der Waals surface area contributed by atoms with Crippen molar-refractivity contribution >= 4 is 15.9 Å². The zero-order valence-electron chi connectivity index (χ0n) is 11.4. The van der Waals surface area contributed by atoms with Crippen LogP contribution in [0.2, 0.25) is 0 Å². The lowest BCUT2D eigenvalue weighted by Crippen LogP contribution is -2.32. The summed E-state index contributed by atoms with van der Waals surface area (Å²) < 4.78 is 8.44. The van der Waals surface area contributed by atoms with Gasteiger partial charge in [0, 0.05) is 12.1 Å². The molecule has 5 heteroatoms. The number of hydrogen-bond acceptors (Lipinski definition) is 3. The van der Waals surface area contributed by atoms with E-state index in [2.05, 4.69) is 27.0 Å². The van der Waals surface area contributed by atoms with Crippen LogP contribution in [0.25, 0.3) is 0 Å². The normalized spacial score (nSPS) is 16.9. The highest BCUT2D eigenvalue weighted by Crippen LogP contribution is 2.29.